The number of carboxylic acid groups (broad SMARTS) is 1. The van der Waals surface area contributed by atoms with Gasteiger partial charge in [-0.25, -0.2) is 4.79 Å². The number of carbonyl (C=O) groups is 2. The summed E-state index contributed by atoms with van der Waals surface area (Å²) >= 11 is 0. The van der Waals surface area contributed by atoms with Gasteiger partial charge in [-0.3, -0.25) is 4.79 Å². The number of rotatable bonds is 8. The van der Waals surface area contributed by atoms with Gasteiger partial charge in [-0.15, -0.1) is 0 Å². The number of nitrogens with zero attached hydrogens (tertiary/aromatic N) is 1. The van der Waals surface area contributed by atoms with Crippen molar-refractivity contribution in [2.75, 3.05) is 20.3 Å². The molecule has 1 amide bonds. The van der Waals surface area contributed by atoms with Crippen LogP contribution in [0.5, 0.6) is 0 Å². The van der Waals surface area contributed by atoms with Crippen molar-refractivity contribution >= 4 is 30.8 Å². The molecule has 1 heterocycles. The molecule has 0 radical (unpaired) electrons. The molecule has 1 N–H and O–H groups in total. The van der Waals surface area contributed by atoms with Gasteiger partial charge in [-0.2, -0.15) is 0 Å². The number of methoxy groups -OCH3 is 1. The summed E-state index contributed by atoms with van der Waals surface area (Å²) in [6.45, 7) is 13.7. The number of likely N-dealkylation sites (tertiary alicyclic amines) is 1. The lowest BCUT2D eigenvalue weighted by atomic mass is 9.68. The van der Waals surface area contributed by atoms with Crippen LogP contribution in [-0.2, 0) is 14.0 Å². The summed E-state index contributed by atoms with van der Waals surface area (Å²) in [6, 6.07) is 21.0. The number of benzene rings is 2. The summed E-state index contributed by atoms with van der Waals surface area (Å²) in [5, 5.41) is 12.5. The van der Waals surface area contributed by atoms with Crippen LogP contribution in [0.1, 0.15) is 60.8 Å². The topological polar surface area (TPSA) is 76.1 Å². The highest BCUT2D eigenvalue weighted by atomic mass is 28.4. The van der Waals surface area contributed by atoms with Crippen molar-refractivity contribution in [2.45, 2.75) is 71.4 Å². The Kier molecular flexibility index (Phi) is 8.59. The Morgan fingerprint density at radius 2 is 1.49 bits per heavy atom. The first-order valence-corrected chi connectivity index (χ1v) is 15.0. The minimum Gasteiger partial charge on any atom is -0.469 e. The fourth-order valence-corrected chi connectivity index (χ4v) is 10.8. The summed E-state index contributed by atoms with van der Waals surface area (Å²) in [5.41, 5.74) is -1.06. The second-order valence-electron chi connectivity index (χ2n) is 12.3. The van der Waals surface area contributed by atoms with E-state index in [4.69, 9.17) is 9.16 Å². The Labute approximate surface area is 223 Å². The number of ether oxygens (including phenoxy) is 1. The van der Waals surface area contributed by atoms with Gasteiger partial charge >= 0.3 is 12.1 Å². The highest BCUT2D eigenvalue weighted by molar-refractivity contribution is 6.99. The number of amides is 1. The molecule has 1 aliphatic rings. The Balaban J connectivity index is 2.01. The lowest BCUT2D eigenvalue weighted by Crippen LogP contribution is -2.67. The molecule has 0 unspecified atom stereocenters. The molecule has 6 nitrogen and oxygen atoms in total. The number of esters is 1. The van der Waals surface area contributed by atoms with E-state index in [0.717, 1.165) is 0 Å². The SMILES string of the molecule is COC(=O)CC[C@@]1(C(C)(C)C)C[C@H](CO[Si](c2ccccc2)(c2ccccc2)C(C)(C)C)CN1C(=O)O. The Morgan fingerprint density at radius 1 is 0.973 bits per heavy atom. The van der Waals surface area contributed by atoms with Gasteiger partial charge in [0.05, 0.1) is 12.6 Å². The molecular weight excluding hydrogens is 482 g/mol. The lowest BCUT2D eigenvalue weighted by Gasteiger charge is -2.47. The monoisotopic (exact) mass is 525 g/mol. The summed E-state index contributed by atoms with van der Waals surface area (Å²) in [5.74, 6) is -0.310. The summed E-state index contributed by atoms with van der Waals surface area (Å²) in [4.78, 5) is 26.1. The van der Waals surface area contributed by atoms with Gasteiger partial charge in [-0.05, 0) is 33.7 Å². The third kappa shape index (κ3) is 5.63. The van der Waals surface area contributed by atoms with Gasteiger partial charge in [0.25, 0.3) is 8.32 Å². The Bertz CT molecular complexity index is 1020. The van der Waals surface area contributed by atoms with Crippen molar-refractivity contribution in [3.63, 3.8) is 0 Å². The molecule has 7 heteroatoms. The van der Waals surface area contributed by atoms with E-state index in [0.29, 0.717) is 26.0 Å². The molecule has 0 spiro atoms. The molecule has 2 atom stereocenters. The molecule has 0 bridgehead atoms. The first-order chi connectivity index (χ1) is 17.3. The van der Waals surface area contributed by atoms with Crippen LogP contribution in [0, 0.1) is 11.3 Å². The van der Waals surface area contributed by atoms with Crippen molar-refractivity contribution in [1.82, 2.24) is 4.90 Å². The predicted octanol–water partition coefficient (Wildman–Crippen LogP) is 5.30. The van der Waals surface area contributed by atoms with E-state index < -0.39 is 19.9 Å². The minimum absolute atomic E-state index is 0.00891. The molecule has 202 valence electrons. The van der Waals surface area contributed by atoms with E-state index in [9.17, 15) is 14.7 Å². The predicted molar refractivity (Wildman–Crippen MR) is 150 cm³/mol. The maximum Gasteiger partial charge on any atom is 0.407 e. The fraction of sp³-hybridized carbons (Fsp3) is 0.533. The lowest BCUT2D eigenvalue weighted by molar-refractivity contribution is -0.141. The van der Waals surface area contributed by atoms with Gasteiger partial charge < -0.3 is 19.2 Å². The van der Waals surface area contributed by atoms with E-state index in [1.807, 2.05) is 12.1 Å². The smallest absolute Gasteiger partial charge is 0.407 e. The van der Waals surface area contributed by atoms with Crippen molar-refractivity contribution < 1.29 is 23.9 Å². The fourth-order valence-electron chi connectivity index (χ4n) is 6.20. The van der Waals surface area contributed by atoms with Crippen LogP contribution in [0.4, 0.5) is 4.79 Å². The Hall–Kier alpha value is -2.64. The summed E-state index contributed by atoms with van der Waals surface area (Å²) < 4.78 is 12.1. The molecule has 1 saturated heterocycles. The van der Waals surface area contributed by atoms with Crippen LogP contribution in [0.15, 0.2) is 60.7 Å². The second kappa shape index (κ2) is 11.0. The van der Waals surface area contributed by atoms with Gasteiger partial charge in [0.1, 0.15) is 0 Å². The van der Waals surface area contributed by atoms with E-state index >= 15 is 0 Å². The molecule has 1 aliphatic heterocycles. The highest BCUT2D eigenvalue weighted by Gasteiger charge is 2.56. The van der Waals surface area contributed by atoms with E-state index in [2.05, 4.69) is 90.1 Å². The zero-order chi connectivity index (χ0) is 27.5. The van der Waals surface area contributed by atoms with E-state index in [1.54, 1.807) is 4.90 Å². The van der Waals surface area contributed by atoms with E-state index in [-0.39, 0.29) is 28.8 Å². The number of hydrogen-bond donors (Lipinski definition) is 1. The van der Waals surface area contributed by atoms with Gasteiger partial charge in [0.15, 0.2) is 0 Å². The van der Waals surface area contributed by atoms with Crippen LogP contribution >= 0.6 is 0 Å². The highest BCUT2D eigenvalue weighted by Crippen LogP contribution is 2.49. The maximum absolute atomic E-state index is 12.5. The van der Waals surface area contributed by atoms with Crippen LogP contribution in [-0.4, -0.2) is 56.2 Å². The Morgan fingerprint density at radius 3 is 1.89 bits per heavy atom. The van der Waals surface area contributed by atoms with Crippen molar-refractivity contribution in [3.05, 3.63) is 60.7 Å². The molecule has 0 aliphatic carbocycles. The van der Waals surface area contributed by atoms with Gasteiger partial charge in [0, 0.05) is 25.5 Å². The largest absolute Gasteiger partial charge is 0.469 e. The number of carbonyl (C=O) groups excluding carboxylic acids is 1. The molecule has 3 rings (SSSR count). The molecule has 37 heavy (non-hydrogen) atoms. The molecule has 0 saturated carbocycles. The van der Waals surface area contributed by atoms with Crippen molar-refractivity contribution in [2.24, 2.45) is 11.3 Å². The molecule has 2 aromatic rings. The van der Waals surface area contributed by atoms with Crippen LogP contribution in [0.2, 0.25) is 5.04 Å². The standard InChI is InChI=1S/C30H43NO5Si/c1-28(2,3)30(19-18-26(32)35-7)20-23(21-31(30)27(33)34)22-36-37(29(4,5)6,24-14-10-8-11-15-24)25-16-12-9-13-17-25/h8-17,23H,18-22H2,1-7H3,(H,33,34)/t23-,30-/m0/s1. The van der Waals surface area contributed by atoms with E-state index in [1.165, 1.54) is 17.5 Å². The van der Waals surface area contributed by atoms with Crippen molar-refractivity contribution in [1.29, 1.82) is 0 Å². The third-order valence-corrected chi connectivity index (χ3v) is 13.1. The quantitative estimate of drug-likeness (QED) is 0.374. The molecule has 2 aromatic carbocycles. The normalized spacial score (nSPS) is 20.6. The molecule has 0 aromatic heterocycles. The first-order valence-electron chi connectivity index (χ1n) is 13.1. The average molecular weight is 526 g/mol. The molecular formula is C30H43NO5Si. The van der Waals surface area contributed by atoms with Crippen LogP contribution in [0.3, 0.4) is 0 Å². The van der Waals surface area contributed by atoms with Crippen LogP contribution in [0.25, 0.3) is 0 Å². The number of hydrogen-bond acceptors (Lipinski definition) is 4. The second-order valence-corrected chi connectivity index (χ2v) is 16.6. The summed E-state index contributed by atoms with van der Waals surface area (Å²) in [7, 11) is -1.37. The average Bonchev–Trinajstić information content (AvgIpc) is 3.24. The zero-order valence-electron chi connectivity index (χ0n) is 23.4. The van der Waals surface area contributed by atoms with Crippen LogP contribution < -0.4 is 10.4 Å². The van der Waals surface area contributed by atoms with Gasteiger partial charge in [0.2, 0.25) is 0 Å². The maximum atomic E-state index is 12.5. The molecule has 1 fully saturated rings. The first kappa shape index (κ1) is 28.9. The van der Waals surface area contributed by atoms with Crippen molar-refractivity contribution in [3.8, 4) is 0 Å². The summed E-state index contributed by atoms with van der Waals surface area (Å²) in [6.07, 6.45) is 0.288. The van der Waals surface area contributed by atoms with Gasteiger partial charge in [-0.1, -0.05) is 102 Å². The zero-order valence-corrected chi connectivity index (χ0v) is 24.4. The third-order valence-electron chi connectivity index (χ3n) is 8.13. The minimum atomic E-state index is -2.74.